The van der Waals surface area contributed by atoms with Gasteiger partial charge in [0.25, 0.3) is 10.0 Å². The van der Waals surface area contributed by atoms with Crippen molar-refractivity contribution in [2.75, 3.05) is 22.8 Å². The normalized spacial score (nSPS) is 11.0. The van der Waals surface area contributed by atoms with Gasteiger partial charge in [0.1, 0.15) is 0 Å². The second kappa shape index (κ2) is 5.19. The number of rotatable bonds is 4. The monoisotopic (exact) mass is 277 g/mol. The fourth-order valence-electron chi connectivity index (χ4n) is 1.67. The van der Waals surface area contributed by atoms with E-state index in [4.69, 9.17) is 5.73 Å². The highest BCUT2D eigenvalue weighted by Gasteiger charge is 2.13. The molecular weight excluding hydrogens is 262 g/mol. The van der Waals surface area contributed by atoms with E-state index in [2.05, 4.69) is 10.0 Å². The van der Waals surface area contributed by atoms with E-state index in [9.17, 15) is 8.42 Å². The van der Waals surface area contributed by atoms with E-state index >= 15 is 0 Å². The summed E-state index contributed by atoms with van der Waals surface area (Å²) in [6, 6.07) is 13.1. The first-order chi connectivity index (χ1) is 9.03. The number of nitrogens with one attached hydrogen (secondary N) is 2. The maximum Gasteiger partial charge on any atom is 0.261 e. The zero-order chi connectivity index (χ0) is 13.9. The van der Waals surface area contributed by atoms with Crippen LogP contribution in [0.3, 0.4) is 0 Å². The standard InChI is InChI=1S/C13H15N3O2S/c1-15-13-8-7-10(9-12(13)14)16-19(17,18)11-5-3-2-4-6-11/h2-9,15-16H,14H2,1H3. The van der Waals surface area contributed by atoms with Gasteiger partial charge in [-0.2, -0.15) is 0 Å². The molecule has 19 heavy (non-hydrogen) atoms. The molecule has 0 aliphatic rings. The highest BCUT2D eigenvalue weighted by molar-refractivity contribution is 7.92. The molecule has 0 aliphatic heterocycles. The van der Waals surface area contributed by atoms with E-state index in [-0.39, 0.29) is 4.90 Å². The van der Waals surface area contributed by atoms with Gasteiger partial charge in [0.15, 0.2) is 0 Å². The summed E-state index contributed by atoms with van der Waals surface area (Å²) >= 11 is 0. The van der Waals surface area contributed by atoms with Crippen LogP contribution in [0.2, 0.25) is 0 Å². The second-order valence-corrected chi connectivity index (χ2v) is 5.65. The molecule has 2 aromatic carbocycles. The van der Waals surface area contributed by atoms with Gasteiger partial charge in [0, 0.05) is 7.05 Å². The summed E-state index contributed by atoms with van der Waals surface area (Å²) in [7, 11) is -1.83. The summed E-state index contributed by atoms with van der Waals surface area (Å²) < 4.78 is 26.7. The maximum absolute atomic E-state index is 12.1. The van der Waals surface area contributed by atoms with Gasteiger partial charge in [-0.15, -0.1) is 0 Å². The van der Waals surface area contributed by atoms with Crippen LogP contribution in [0.5, 0.6) is 0 Å². The van der Waals surface area contributed by atoms with Gasteiger partial charge < -0.3 is 11.1 Å². The van der Waals surface area contributed by atoms with Crippen molar-refractivity contribution in [1.29, 1.82) is 0 Å². The zero-order valence-corrected chi connectivity index (χ0v) is 11.2. The third-order valence-corrected chi connectivity index (χ3v) is 4.02. The van der Waals surface area contributed by atoms with E-state index in [0.29, 0.717) is 11.4 Å². The average Bonchev–Trinajstić information content (AvgIpc) is 2.39. The zero-order valence-electron chi connectivity index (χ0n) is 10.4. The quantitative estimate of drug-likeness (QED) is 0.747. The minimum Gasteiger partial charge on any atom is -0.397 e. The van der Waals surface area contributed by atoms with E-state index in [1.54, 1.807) is 43.4 Å². The lowest BCUT2D eigenvalue weighted by molar-refractivity contribution is 0.601. The van der Waals surface area contributed by atoms with E-state index in [0.717, 1.165) is 5.69 Å². The molecule has 0 heterocycles. The van der Waals surface area contributed by atoms with Crippen LogP contribution in [0, 0.1) is 0 Å². The molecule has 2 aromatic rings. The minimum absolute atomic E-state index is 0.214. The lowest BCUT2D eigenvalue weighted by atomic mass is 10.2. The third-order valence-electron chi connectivity index (χ3n) is 2.63. The van der Waals surface area contributed by atoms with E-state index in [1.807, 2.05) is 0 Å². The minimum atomic E-state index is -3.58. The van der Waals surface area contributed by atoms with Gasteiger partial charge in [-0.3, -0.25) is 4.72 Å². The summed E-state index contributed by atoms with van der Waals surface area (Å²) in [5.74, 6) is 0. The summed E-state index contributed by atoms with van der Waals surface area (Å²) in [4.78, 5) is 0.214. The van der Waals surface area contributed by atoms with Crippen LogP contribution in [-0.4, -0.2) is 15.5 Å². The van der Waals surface area contributed by atoms with Crippen LogP contribution in [0.1, 0.15) is 0 Å². The Kier molecular flexibility index (Phi) is 3.62. The van der Waals surface area contributed by atoms with Crippen molar-refractivity contribution >= 4 is 27.1 Å². The van der Waals surface area contributed by atoms with Gasteiger partial charge in [0.05, 0.1) is 22.0 Å². The Morgan fingerprint density at radius 1 is 1.05 bits per heavy atom. The Labute approximate surface area is 112 Å². The molecule has 0 saturated heterocycles. The Morgan fingerprint density at radius 3 is 2.32 bits per heavy atom. The Morgan fingerprint density at radius 2 is 1.74 bits per heavy atom. The summed E-state index contributed by atoms with van der Waals surface area (Å²) in [6.45, 7) is 0. The van der Waals surface area contributed by atoms with Crippen LogP contribution in [0.4, 0.5) is 17.1 Å². The van der Waals surface area contributed by atoms with Crippen molar-refractivity contribution in [3.8, 4) is 0 Å². The first-order valence-corrected chi connectivity index (χ1v) is 7.16. The molecule has 0 aliphatic carbocycles. The molecule has 0 saturated carbocycles. The molecule has 4 N–H and O–H groups in total. The van der Waals surface area contributed by atoms with Crippen LogP contribution in [-0.2, 0) is 10.0 Å². The number of nitrogen functional groups attached to an aromatic ring is 1. The molecule has 0 radical (unpaired) electrons. The molecule has 0 fully saturated rings. The molecule has 5 nitrogen and oxygen atoms in total. The highest BCUT2D eigenvalue weighted by atomic mass is 32.2. The molecule has 2 rings (SSSR count). The fraction of sp³-hybridized carbons (Fsp3) is 0.0769. The fourth-order valence-corrected chi connectivity index (χ4v) is 2.74. The van der Waals surface area contributed by atoms with Crippen molar-refractivity contribution in [3.63, 3.8) is 0 Å². The van der Waals surface area contributed by atoms with Gasteiger partial charge in [-0.1, -0.05) is 18.2 Å². The molecule has 0 spiro atoms. The van der Waals surface area contributed by atoms with E-state index in [1.165, 1.54) is 12.1 Å². The van der Waals surface area contributed by atoms with Crippen LogP contribution in [0.25, 0.3) is 0 Å². The number of hydrogen-bond donors (Lipinski definition) is 3. The largest absolute Gasteiger partial charge is 0.397 e. The van der Waals surface area contributed by atoms with Crippen molar-refractivity contribution in [2.45, 2.75) is 4.90 Å². The predicted octanol–water partition coefficient (Wildman–Crippen LogP) is 2.11. The number of sulfonamides is 1. The van der Waals surface area contributed by atoms with Gasteiger partial charge in [-0.05, 0) is 30.3 Å². The molecule has 0 atom stereocenters. The number of hydrogen-bond acceptors (Lipinski definition) is 4. The third kappa shape index (κ3) is 2.97. The van der Waals surface area contributed by atoms with Gasteiger partial charge in [0.2, 0.25) is 0 Å². The van der Waals surface area contributed by atoms with Crippen LogP contribution >= 0.6 is 0 Å². The summed E-state index contributed by atoms with van der Waals surface area (Å²) in [5.41, 5.74) is 7.46. The average molecular weight is 277 g/mol. The molecule has 0 aromatic heterocycles. The number of nitrogens with two attached hydrogens (primary N) is 1. The Balaban J connectivity index is 2.29. The molecule has 6 heteroatoms. The van der Waals surface area contributed by atoms with Gasteiger partial charge in [-0.25, -0.2) is 8.42 Å². The topological polar surface area (TPSA) is 84.2 Å². The van der Waals surface area contributed by atoms with Crippen LogP contribution < -0.4 is 15.8 Å². The highest BCUT2D eigenvalue weighted by Crippen LogP contribution is 2.24. The van der Waals surface area contributed by atoms with Crippen molar-refractivity contribution < 1.29 is 8.42 Å². The van der Waals surface area contributed by atoms with Gasteiger partial charge >= 0.3 is 0 Å². The first kappa shape index (κ1) is 13.2. The predicted molar refractivity (Wildman–Crippen MR) is 77.7 cm³/mol. The van der Waals surface area contributed by atoms with Crippen molar-refractivity contribution in [1.82, 2.24) is 0 Å². The van der Waals surface area contributed by atoms with Crippen LogP contribution in [0.15, 0.2) is 53.4 Å². The number of benzene rings is 2. The lowest BCUT2D eigenvalue weighted by Crippen LogP contribution is -2.13. The van der Waals surface area contributed by atoms with Crippen molar-refractivity contribution in [2.24, 2.45) is 0 Å². The SMILES string of the molecule is CNc1ccc(NS(=O)(=O)c2ccccc2)cc1N. The summed E-state index contributed by atoms with van der Waals surface area (Å²) in [5, 5.41) is 2.91. The summed E-state index contributed by atoms with van der Waals surface area (Å²) in [6.07, 6.45) is 0. The molecular formula is C13H15N3O2S. The number of anilines is 3. The van der Waals surface area contributed by atoms with E-state index < -0.39 is 10.0 Å². The Bertz CT molecular complexity index is 670. The maximum atomic E-state index is 12.1. The first-order valence-electron chi connectivity index (χ1n) is 5.68. The Hall–Kier alpha value is -2.21. The molecule has 0 unspecified atom stereocenters. The smallest absolute Gasteiger partial charge is 0.261 e. The van der Waals surface area contributed by atoms with Crippen molar-refractivity contribution in [3.05, 3.63) is 48.5 Å². The lowest BCUT2D eigenvalue weighted by Gasteiger charge is -2.10. The molecule has 0 bridgehead atoms. The molecule has 0 amide bonds. The second-order valence-electron chi connectivity index (χ2n) is 3.97. The molecule has 100 valence electrons.